The average Bonchev–Trinajstić information content (AvgIpc) is 2.57. The normalized spacial score (nSPS) is 12.6. The quantitative estimate of drug-likeness (QED) is 0.726. The zero-order valence-electron chi connectivity index (χ0n) is 17.3. The van der Waals surface area contributed by atoms with Gasteiger partial charge < -0.3 is 5.32 Å². The van der Waals surface area contributed by atoms with Crippen molar-refractivity contribution in [3.63, 3.8) is 0 Å². The first kappa shape index (κ1) is 22.0. The fourth-order valence-corrected chi connectivity index (χ4v) is 4.14. The first-order valence-corrected chi connectivity index (χ1v) is 11.3. The van der Waals surface area contributed by atoms with Gasteiger partial charge in [0.25, 0.3) is 0 Å². The number of nitrogens with one attached hydrogen (secondary N) is 1. The Morgan fingerprint density at radius 2 is 1.61 bits per heavy atom. The summed E-state index contributed by atoms with van der Waals surface area (Å²) in [5, 5.41) is 3.02. The zero-order valence-corrected chi connectivity index (χ0v) is 18.1. The number of aryl methyl sites for hydroxylation is 2. The molecule has 0 heterocycles. The van der Waals surface area contributed by atoms with E-state index in [2.05, 4.69) is 19.2 Å². The molecule has 0 aromatic heterocycles. The zero-order chi connectivity index (χ0) is 20.9. The summed E-state index contributed by atoms with van der Waals surface area (Å²) in [7, 11) is -3.60. The monoisotopic (exact) mass is 402 g/mol. The molecule has 2 aromatic rings. The minimum absolute atomic E-state index is 0.158. The van der Waals surface area contributed by atoms with Gasteiger partial charge >= 0.3 is 0 Å². The van der Waals surface area contributed by atoms with Gasteiger partial charge in [0.15, 0.2) is 0 Å². The Kier molecular flexibility index (Phi) is 7.24. The first-order valence-electron chi connectivity index (χ1n) is 9.46. The molecule has 0 radical (unpaired) electrons. The van der Waals surface area contributed by atoms with E-state index in [-0.39, 0.29) is 18.5 Å². The molecule has 0 fully saturated rings. The summed E-state index contributed by atoms with van der Waals surface area (Å²) >= 11 is 0. The van der Waals surface area contributed by atoms with Gasteiger partial charge in [0.2, 0.25) is 15.9 Å². The lowest BCUT2D eigenvalue weighted by atomic mass is 9.97. The Bertz CT molecular complexity index is 888. The number of sulfonamides is 1. The van der Waals surface area contributed by atoms with Gasteiger partial charge in [-0.15, -0.1) is 0 Å². The van der Waals surface area contributed by atoms with Crippen LogP contribution in [0.3, 0.4) is 0 Å². The van der Waals surface area contributed by atoms with Gasteiger partial charge in [-0.3, -0.25) is 9.10 Å². The summed E-state index contributed by atoms with van der Waals surface area (Å²) in [6, 6.07) is 15.1. The molecule has 2 aromatic carbocycles. The van der Waals surface area contributed by atoms with E-state index >= 15 is 0 Å². The molecule has 1 N–H and O–H groups in total. The third kappa shape index (κ3) is 6.37. The summed E-state index contributed by atoms with van der Waals surface area (Å²) in [5.41, 5.74) is 3.43. The van der Waals surface area contributed by atoms with Gasteiger partial charge in [0, 0.05) is 0 Å². The highest BCUT2D eigenvalue weighted by Crippen LogP contribution is 2.23. The van der Waals surface area contributed by atoms with Crippen LogP contribution in [0.1, 0.15) is 43.0 Å². The predicted molar refractivity (Wildman–Crippen MR) is 115 cm³/mol. The Morgan fingerprint density at radius 3 is 2.11 bits per heavy atom. The Labute approximate surface area is 168 Å². The highest BCUT2D eigenvalue weighted by molar-refractivity contribution is 7.92. The van der Waals surface area contributed by atoms with Crippen LogP contribution in [0.25, 0.3) is 0 Å². The van der Waals surface area contributed by atoms with Gasteiger partial charge in [0.05, 0.1) is 18.0 Å². The van der Waals surface area contributed by atoms with Gasteiger partial charge in [-0.2, -0.15) is 0 Å². The minimum atomic E-state index is -3.60. The van der Waals surface area contributed by atoms with Crippen molar-refractivity contribution in [1.29, 1.82) is 0 Å². The maximum absolute atomic E-state index is 12.8. The van der Waals surface area contributed by atoms with Crippen LogP contribution in [-0.2, 0) is 14.8 Å². The minimum Gasteiger partial charge on any atom is -0.348 e. The molecule has 6 heteroatoms. The topological polar surface area (TPSA) is 66.5 Å². The second-order valence-corrected chi connectivity index (χ2v) is 9.68. The lowest BCUT2D eigenvalue weighted by Crippen LogP contribution is -2.41. The fourth-order valence-electron chi connectivity index (χ4n) is 3.30. The van der Waals surface area contributed by atoms with E-state index in [9.17, 15) is 13.2 Å². The van der Waals surface area contributed by atoms with E-state index in [1.165, 1.54) is 4.31 Å². The van der Waals surface area contributed by atoms with Gasteiger partial charge in [-0.05, 0) is 55.0 Å². The van der Waals surface area contributed by atoms with Crippen molar-refractivity contribution in [2.75, 3.05) is 17.1 Å². The number of carbonyl (C=O) groups is 1. The lowest BCUT2D eigenvalue weighted by Gasteiger charge is -2.26. The van der Waals surface area contributed by atoms with E-state index in [0.29, 0.717) is 11.6 Å². The van der Waals surface area contributed by atoms with Gasteiger partial charge in [0.1, 0.15) is 6.54 Å². The van der Waals surface area contributed by atoms with E-state index in [1.807, 2.05) is 50.2 Å². The lowest BCUT2D eigenvalue weighted by molar-refractivity contribution is -0.120. The summed E-state index contributed by atoms with van der Waals surface area (Å²) in [6.45, 7) is 7.76. The van der Waals surface area contributed by atoms with Crippen molar-refractivity contribution in [3.8, 4) is 0 Å². The third-order valence-corrected chi connectivity index (χ3v) is 5.57. The van der Waals surface area contributed by atoms with Crippen LogP contribution in [0.4, 0.5) is 5.69 Å². The molecule has 0 saturated heterocycles. The van der Waals surface area contributed by atoms with Crippen molar-refractivity contribution < 1.29 is 13.2 Å². The van der Waals surface area contributed by atoms with Gasteiger partial charge in [-0.1, -0.05) is 50.2 Å². The molecule has 0 saturated carbocycles. The van der Waals surface area contributed by atoms with Crippen molar-refractivity contribution in [2.45, 2.75) is 40.2 Å². The van der Waals surface area contributed by atoms with Crippen molar-refractivity contribution in [1.82, 2.24) is 5.32 Å². The number of benzene rings is 2. The molecule has 0 aliphatic rings. The number of amides is 1. The first-order chi connectivity index (χ1) is 13.1. The SMILES string of the molecule is Cc1cc(C)cc(N(CC(=O)N[C@@H](CC(C)C)c2ccccc2)S(C)(=O)=O)c1. The molecule has 0 bridgehead atoms. The number of carbonyl (C=O) groups excluding carboxylic acids is 1. The predicted octanol–water partition coefficient (Wildman–Crippen LogP) is 3.97. The number of anilines is 1. The number of rotatable bonds is 8. The molecule has 1 atom stereocenters. The highest BCUT2D eigenvalue weighted by Gasteiger charge is 2.23. The summed E-state index contributed by atoms with van der Waals surface area (Å²) < 4.78 is 25.9. The molecule has 152 valence electrons. The van der Waals surface area contributed by atoms with E-state index in [4.69, 9.17) is 0 Å². The van der Waals surface area contributed by atoms with Crippen LogP contribution >= 0.6 is 0 Å². The Morgan fingerprint density at radius 1 is 1.04 bits per heavy atom. The molecule has 0 spiro atoms. The Hall–Kier alpha value is -2.34. The smallest absolute Gasteiger partial charge is 0.241 e. The maximum atomic E-state index is 12.8. The van der Waals surface area contributed by atoms with Crippen molar-refractivity contribution in [2.24, 2.45) is 5.92 Å². The summed E-state index contributed by atoms with van der Waals surface area (Å²) in [6.07, 6.45) is 1.90. The molecule has 5 nitrogen and oxygen atoms in total. The average molecular weight is 403 g/mol. The summed E-state index contributed by atoms with van der Waals surface area (Å²) in [5.74, 6) is 0.0648. The second kappa shape index (κ2) is 9.24. The molecule has 2 rings (SSSR count). The molecule has 0 aliphatic carbocycles. The molecular formula is C22H30N2O3S. The largest absolute Gasteiger partial charge is 0.348 e. The number of hydrogen-bond donors (Lipinski definition) is 1. The van der Waals surface area contributed by atoms with Crippen molar-refractivity contribution in [3.05, 3.63) is 65.2 Å². The number of hydrogen-bond acceptors (Lipinski definition) is 3. The van der Waals surface area contributed by atoms with E-state index < -0.39 is 10.0 Å². The van der Waals surface area contributed by atoms with Crippen LogP contribution in [0.2, 0.25) is 0 Å². The summed E-state index contributed by atoms with van der Waals surface area (Å²) in [4.78, 5) is 12.8. The van der Waals surface area contributed by atoms with Crippen LogP contribution < -0.4 is 9.62 Å². The molecule has 28 heavy (non-hydrogen) atoms. The maximum Gasteiger partial charge on any atom is 0.241 e. The van der Waals surface area contributed by atoms with E-state index in [0.717, 1.165) is 29.4 Å². The number of nitrogens with zero attached hydrogens (tertiary/aromatic N) is 1. The van der Waals surface area contributed by atoms with Crippen LogP contribution in [0.5, 0.6) is 0 Å². The molecular weight excluding hydrogens is 372 g/mol. The van der Waals surface area contributed by atoms with Crippen LogP contribution in [-0.4, -0.2) is 27.1 Å². The van der Waals surface area contributed by atoms with Crippen LogP contribution in [0, 0.1) is 19.8 Å². The van der Waals surface area contributed by atoms with Gasteiger partial charge in [-0.25, -0.2) is 8.42 Å². The molecule has 0 aliphatic heterocycles. The van der Waals surface area contributed by atoms with Crippen molar-refractivity contribution >= 4 is 21.6 Å². The standard InChI is InChI=1S/C22H30N2O3S/c1-16(2)11-21(19-9-7-6-8-10-19)23-22(25)15-24(28(5,26)27)20-13-17(3)12-18(4)14-20/h6-10,12-14,16,21H,11,15H2,1-5H3,(H,23,25)/t21-/m0/s1. The highest BCUT2D eigenvalue weighted by atomic mass is 32.2. The third-order valence-electron chi connectivity index (χ3n) is 4.43. The second-order valence-electron chi connectivity index (χ2n) is 7.78. The van der Waals surface area contributed by atoms with Crippen LogP contribution in [0.15, 0.2) is 48.5 Å². The fraction of sp³-hybridized carbons (Fsp3) is 0.409. The molecule has 0 unspecified atom stereocenters. The molecule has 1 amide bonds. The van der Waals surface area contributed by atoms with E-state index in [1.54, 1.807) is 12.1 Å². The Balaban J connectivity index is 2.25.